The molecule has 1 amide bonds. The number of ether oxygens (including phenoxy) is 1. The van der Waals surface area contributed by atoms with Crippen molar-refractivity contribution in [3.05, 3.63) is 85.0 Å². The number of nitrogens with zero attached hydrogens (tertiary/aromatic N) is 4. The number of aryl methyl sites for hydroxylation is 1. The lowest BCUT2D eigenvalue weighted by Gasteiger charge is -2.15. The second-order valence-corrected chi connectivity index (χ2v) is 9.51. The summed E-state index contributed by atoms with van der Waals surface area (Å²) in [4.78, 5) is 42.4. The molecule has 176 valence electrons. The van der Waals surface area contributed by atoms with Crippen LogP contribution in [0.15, 0.2) is 63.6 Å². The van der Waals surface area contributed by atoms with Crippen LogP contribution in [0.3, 0.4) is 0 Å². The van der Waals surface area contributed by atoms with Crippen LogP contribution in [0.4, 0.5) is 11.4 Å². The highest BCUT2D eigenvalue weighted by Crippen LogP contribution is 2.31. The molecule has 1 aliphatic rings. The zero-order valence-corrected chi connectivity index (χ0v) is 20.1. The Labute approximate surface area is 206 Å². The van der Waals surface area contributed by atoms with E-state index in [0.29, 0.717) is 54.3 Å². The van der Waals surface area contributed by atoms with Crippen LogP contribution in [0.1, 0.15) is 20.8 Å². The molecule has 0 aliphatic carbocycles. The van der Waals surface area contributed by atoms with Gasteiger partial charge in [0.2, 0.25) is 0 Å². The van der Waals surface area contributed by atoms with Crippen LogP contribution >= 0.6 is 23.1 Å². The number of nitro benzene ring substituents is 1. The van der Waals surface area contributed by atoms with E-state index in [1.807, 2.05) is 0 Å². The molecule has 0 saturated heterocycles. The van der Waals surface area contributed by atoms with Gasteiger partial charge in [0.1, 0.15) is 10.6 Å². The minimum Gasteiger partial charge on any atom is -0.497 e. The quantitative estimate of drug-likeness (QED) is 0.242. The van der Waals surface area contributed by atoms with Crippen LogP contribution in [-0.2, 0) is 0 Å². The van der Waals surface area contributed by atoms with E-state index in [2.05, 4.69) is 15.4 Å². The second-order valence-electron chi connectivity index (χ2n) is 7.57. The number of hydrogen-bond acceptors (Lipinski definition) is 9. The Balaban J connectivity index is 1.52. The molecule has 4 aromatic rings. The van der Waals surface area contributed by atoms with E-state index in [0.717, 1.165) is 11.3 Å². The highest BCUT2D eigenvalue weighted by atomic mass is 32.2. The highest BCUT2D eigenvalue weighted by Gasteiger charge is 2.25. The third-order valence-corrected chi connectivity index (χ3v) is 7.54. The minimum absolute atomic E-state index is 0.0527. The molecule has 0 fully saturated rings. The molecule has 35 heavy (non-hydrogen) atoms. The molecule has 3 heterocycles. The number of carbonyl (C=O) groups is 1. The van der Waals surface area contributed by atoms with Crippen molar-refractivity contribution in [2.24, 2.45) is 5.10 Å². The molecule has 0 spiro atoms. The van der Waals surface area contributed by atoms with E-state index in [-0.39, 0.29) is 11.6 Å². The van der Waals surface area contributed by atoms with E-state index in [1.165, 1.54) is 28.6 Å². The van der Waals surface area contributed by atoms with Gasteiger partial charge in [-0.05, 0) is 36.8 Å². The van der Waals surface area contributed by atoms with Gasteiger partial charge in [0.25, 0.3) is 17.2 Å². The average Bonchev–Trinajstić information content (AvgIpc) is 3.21. The molecule has 0 bridgehead atoms. The van der Waals surface area contributed by atoms with Gasteiger partial charge in [-0.15, -0.1) is 11.3 Å². The van der Waals surface area contributed by atoms with Crippen LogP contribution in [0.5, 0.6) is 5.75 Å². The number of fused-ring (bicyclic) bond motifs is 2. The van der Waals surface area contributed by atoms with Crippen molar-refractivity contribution in [2.45, 2.75) is 12.1 Å². The molecule has 1 aliphatic heterocycles. The Morgan fingerprint density at radius 3 is 2.71 bits per heavy atom. The van der Waals surface area contributed by atoms with E-state index in [4.69, 9.17) is 4.74 Å². The summed E-state index contributed by atoms with van der Waals surface area (Å²) in [6.45, 7) is 1.71. The number of nitrogens with one attached hydrogen (secondary N) is 1. The van der Waals surface area contributed by atoms with Gasteiger partial charge in [0, 0.05) is 29.1 Å². The summed E-state index contributed by atoms with van der Waals surface area (Å²) in [7, 11) is 1.56. The minimum atomic E-state index is -0.474. The maximum Gasteiger partial charge on any atom is 0.283 e. The van der Waals surface area contributed by atoms with Crippen LogP contribution in [0.25, 0.3) is 10.2 Å². The molecule has 0 unspecified atom stereocenters. The lowest BCUT2D eigenvalue weighted by atomic mass is 10.1. The van der Waals surface area contributed by atoms with Crippen LogP contribution in [0.2, 0.25) is 0 Å². The van der Waals surface area contributed by atoms with Gasteiger partial charge in [0.05, 0.1) is 28.0 Å². The molecule has 10 nitrogen and oxygen atoms in total. The summed E-state index contributed by atoms with van der Waals surface area (Å²) in [6, 6.07) is 13.1. The number of rotatable bonds is 5. The van der Waals surface area contributed by atoms with Crippen molar-refractivity contribution in [2.75, 3.05) is 18.2 Å². The molecule has 0 atom stereocenters. The summed E-state index contributed by atoms with van der Waals surface area (Å²) < 4.78 is 6.34. The zero-order valence-electron chi connectivity index (χ0n) is 18.5. The summed E-state index contributed by atoms with van der Waals surface area (Å²) >= 11 is 2.46. The van der Waals surface area contributed by atoms with Gasteiger partial charge in [-0.2, -0.15) is 9.78 Å². The van der Waals surface area contributed by atoms with Gasteiger partial charge in [-0.1, -0.05) is 23.9 Å². The Kier molecular flexibility index (Phi) is 5.83. The lowest BCUT2D eigenvalue weighted by molar-refractivity contribution is -0.384. The Morgan fingerprint density at radius 1 is 1.23 bits per heavy atom. The van der Waals surface area contributed by atoms with Gasteiger partial charge < -0.3 is 10.1 Å². The number of carbonyl (C=O) groups excluding carboxylic acids is 1. The average molecular weight is 508 g/mol. The first kappa shape index (κ1) is 22.7. The highest BCUT2D eigenvalue weighted by molar-refractivity contribution is 7.99. The molecule has 12 heteroatoms. The monoisotopic (exact) mass is 507 g/mol. The summed E-state index contributed by atoms with van der Waals surface area (Å²) in [5.74, 6) is 0.728. The number of thiophene rings is 1. The second kappa shape index (κ2) is 8.96. The van der Waals surface area contributed by atoms with Gasteiger partial charge in [-0.3, -0.25) is 19.7 Å². The number of amides is 1. The van der Waals surface area contributed by atoms with E-state index in [1.54, 1.807) is 50.4 Å². The molecular formula is C23H17N5O5S2. The number of aromatic nitrogens is 2. The van der Waals surface area contributed by atoms with Crippen molar-refractivity contribution in [1.82, 2.24) is 9.66 Å². The molecule has 1 N–H and O–H groups in total. The Bertz CT molecular complexity index is 1590. The number of benzene rings is 2. The first-order chi connectivity index (χ1) is 16.9. The standard InChI is InChI=1S/C23H17N5O5S2/c1-12-18-21(35-19(12)20(29)24-14-6-8-16(33-2)9-7-14)25-23-27(22(18)30)26-17(11-34-23)13-4-3-5-15(10-13)28(31)32/h3-10H,11H2,1-2H3,(H,24,29). The zero-order chi connectivity index (χ0) is 24.7. The van der Waals surface area contributed by atoms with E-state index < -0.39 is 10.5 Å². The largest absolute Gasteiger partial charge is 0.497 e. The molecule has 0 saturated carbocycles. The molecule has 5 rings (SSSR count). The van der Waals surface area contributed by atoms with Crippen LogP contribution in [0, 0.1) is 17.0 Å². The number of non-ortho nitro benzene ring substituents is 1. The first-order valence-corrected chi connectivity index (χ1v) is 12.1. The normalized spacial score (nSPS) is 12.7. The van der Waals surface area contributed by atoms with Crippen molar-refractivity contribution in [1.29, 1.82) is 0 Å². The molecule has 2 aromatic heterocycles. The van der Waals surface area contributed by atoms with E-state index in [9.17, 15) is 19.7 Å². The maximum absolute atomic E-state index is 13.4. The fourth-order valence-corrected chi connectivity index (χ4v) is 5.66. The number of anilines is 1. The summed E-state index contributed by atoms with van der Waals surface area (Å²) in [6.07, 6.45) is 0. The molecular weight excluding hydrogens is 490 g/mol. The maximum atomic E-state index is 13.4. The predicted molar refractivity (Wildman–Crippen MR) is 135 cm³/mol. The number of hydrogen-bond donors (Lipinski definition) is 1. The van der Waals surface area contributed by atoms with Crippen molar-refractivity contribution in [3.63, 3.8) is 0 Å². The van der Waals surface area contributed by atoms with Crippen LogP contribution < -0.4 is 15.6 Å². The number of nitro groups is 1. The smallest absolute Gasteiger partial charge is 0.283 e. The third kappa shape index (κ3) is 4.17. The third-order valence-electron chi connectivity index (χ3n) is 5.42. The van der Waals surface area contributed by atoms with Gasteiger partial charge in [0.15, 0.2) is 5.16 Å². The first-order valence-electron chi connectivity index (χ1n) is 10.3. The topological polar surface area (TPSA) is 129 Å². The SMILES string of the molecule is COc1ccc(NC(=O)c2sc3nc4n(c(=O)c3c2C)N=C(c2cccc([N+](=O)[O-])c2)CS4)cc1. The number of thioether (sulfide) groups is 1. The van der Waals surface area contributed by atoms with Crippen molar-refractivity contribution < 1.29 is 14.5 Å². The van der Waals surface area contributed by atoms with E-state index >= 15 is 0 Å². The van der Waals surface area contributed by atoms with Crippen molar-refractivity contribution >= 4 is 56.3 Å². The Morgan fingerprint density at radius 2 is 2.00 bits per heavy atom. The fraction of sp³-hybridized carbons (Fsp3) is 0.130. The number of methoxy groups -OCH3 is 1. The van der Waals surface area contributed by atoms with Crippen molar-refractivity contribution in [3.8, 4) is 5.75 Å². The van der Waals surface area contributed by atoms with Gasteiger partial charge >= 0.3 is 0 Å². The lowest BCUT2D eigenvalue weighted by Crippen LogP contribution is -2.25. The molecule has 2 aromatic carbocycles. The molecule has 0 radical (unpaired) electrons. The summed E-state index contributed by atoms with van der Waals surface area (Å²) in [5.41, 5.74) is 1.76. The fourth-order valence-electron chi connectivity index (χ4n) is 3.64. The summed E-state index contributed by atoms with van der Waals surface area (Å²) in [5, 5.41) is 19.1. The van der Waals surface area contributed by atoms with Crippen LogP contribution in [-0.4, -0.2) is 39.1 Å². The Hall–Kier alpha value is -4.03. The predicted octanol–water partition coefficient (Wildman–Crippen LogP) is 4.29. The van der Waals surface area contributed by atoms with Gasteiger partial charge in [-0.25, -0.2) is 4.98 Å².